The van der Waals surface area contributed by atoms with E-state index in [0.29, 0.717) is 0 Å². The van der Waals surface area contributed by atoms with Crippen LogP contribution in [0.4, 0.5) is 0 Å². The summed E-state index contributed by atoms with van der Waals surface area (Å²) in [6, 6.07) is 4.23. The Morgan fingerprint density at radius 3 is 2.87 bits per heavy atom. The van der Waals surface area contributed by atoms with Crippen LogP contribution in [0.2, 0.25) is 0 Å². The van der Waals surface area contributed by atoms with Crippen LogP contribution in [0.25, 0.3) is 0 Å². The molecule has 1 rings (SSSR count). The Morgan fingerprint density at radius 2 is 2.20 bits per heavy atom. The molecule has 4 heteroatoms. The minimum absolute atomic E-state index is 0.812. The number of ether oxygens (including phenoxy) is 1. The fraction of sp³-hybridized carbons (Fsp3) is 0.636. The van der Waals surface area contributed by atoms with E-state index >= 15 is 0 Å². The molecule has 0 fully saturated rings. The average molecular weight is 292 g/mol. The van der Waals surface area contributed by atoms with Crippen LogP contribution in [-0.4, -0.2) is 26.3 Å². The third-order valence-corrected chi connectivity index (χ3v) is 3.66. The molecular weight excluding hydrogens is 274 g/mol. The number of rotatable bonds is 8. The van der Waals surface area contributed by atoms with Gasteiger partial charge in [0.2, 0.25) is 0 Å². The van der Waals surface area contributed by atoms with Crippen LogP contribution in [0, 0.1) is 0 Å². The fourth-order valence-corrected chi connectivity index (χ4v) is 2.67. The summed E-state index contributed by atoms with van der Waals surface area (Å²) in [6.07, 6.45) is 2.20. The Bertz CT molecular complexity index is 265. The summed E-state index contributed by atoms with van der Waals surface area (Å²) in [4.78, 5) is 1.38. The first-order chi connectivity index (χ1) is 7.33. The number of halogens is 1. The van der Waals surface area contributed by atoms with Crippen molar-refractivity contribution in [1.29, 1.82) is 0 Å². The van der Waals surface area contributed by atoms with Crippen LogP contribution in [0.3, 0.4) is 0 Å². The van der Waals surface area contributed by atoms with E-state index in [4.69, 9.17) is 4.74 Å². The molecule has 1 N–H and O–H groups in total. The van der Waals surface area contributed by atoms with Gasteiger partial charge >= 0.3 is 0 Å². The molecule has 2 nitrogen and oxygen atoms in total. The summed E-state index contributed by atoms with van der Waals surface area (Å²) >= 11 is 5.23. The molecule has 0 saturated heterocycles. The molecule has 1 heterocycles. The molecular formula is C11H18BrNOS. The molecule has 1 aromatic heterocycles. The van der Waals surface area contributed by atoms with Crippen LogP contribution in [0.1, 0.15) is 18.2 Å². The van der Waals surface area contributed by atoms with E-state index in [-0.39, 0.29) is 0 Å². The number of hydrogen-bond donors (Lipinski definition) is 1. The van der Waals surface area contributed by atoms with Crippen LogP contribution in [-0.2, 0) is 11.2 Å². The minimum Gasteiger partial charge on any atom is -0.380 e. The van der Waals surface area contributed by atoms with E-state index in [1.165, 1.54) is 15.1 Å². The zero-order valence-electron chi connectivity index (χ0n) is 9.09. The van der Waals surface area contributed by atoms with Gasteiger partial charge in [0.25, 0.3) is 0 Å². The summed E-state index contributed by atoms with van der Waals surface area (Å²) in [5.74, 6) is 0. The maximum Gasteiger partial charge on any atom is 0.0701 e. The van der Waals surface area contributed by atoms with Crippen LogP contribution in [0.15, 0.2) is 15.9 Å². The number of thiophene rings is 1. The second-order valence-electron chi connectivity index (χ2n) is 3.32. The number of nitrogens with one attached hydrogen (secondary N) is 1. The Morgan fingerprint density at radius 1 is 1.33 bits per heavy atom. The molecule has 15 heavy (non-hydrogen) atoms. The predicted octanol–water partition coefficient (Wildman–Crippen LogP) is 3.07. The normalized spacial score (nSPS) is 10.8. The van der Waals surface area contributed by atoms with Gasteiger partial charge < -0.3 is 10.1 Å². The van der Waals surface area contributed by atoms with E-state index in [1.807, 2.05) is 0 Å². The Hall–Kier alpha value is 0.1000. The van der Waals surface area contributed by atoms with Gasteiger partial charge in [-0.05, 0) is 41.0 Å². The van der Waals surface area contributed by atoms with Gasteiger partial charge in [-0.2, -0.15) is 0 Å². The highest BCUT2D eigenvalue weighted by atomic mass is 79.9. The third kappa shape index (κ3) is 6.30. The summed E-state index contributed by atoms with van der Waals surface area (Å²) in [6.45, 7) is 5.85. The Labute approximate surface area is 104 Å². The van der Waals surface area contributed by atoms with Crippen molar-refractivity contribution in [2.75, 3.05) is 26.3 Å². The first-order valence-electron chi connectivity index (χ1n) is 5.35. The third-order valence-electron chi connectivity index (χ3n) is 1.97. The first kappa shape index (κ1) is 13.2. The molecule has 0 radical (unpaired) electrons. The van der Waals surface area contributed by atoms with Gasteiger partial charge in [0.15, 0.2) is 0 Å². The molecule has 0 aliphatic heterocycles. The SMILES string of the molecule is CCCNCCOCCc1ccc(Br)s1. The lowest BCUT2D eigenvalue weighted by Gasteiger charge is -2.04. The van der Waals surface area contributed by atoms with Crippen LogP contribution in [0.5, 0.6) is 0 Å². The van der Waals surface area contributed by atoms with Gasteiger partial charge in [-0.1, -0.05) is 6.92 Å². The van der Waals surface area contributed by atoms with Gasteiger partial charge in [-0.15, -0.1) is 11.3 Å². The highest BCUT2D eigenvalue weighted by Crippen LogP contribution is 2.22. The van der Waals surface area contributed by atoms with Crippen molar-refractivity contribution in [3.8, 4) is 0 Å². The summed E-state index contributed by atoms with van der Waals surface area (Å²) in [5, 5.41) is 3.31. The lowest BCUT2D eigenvalue weighted by atomic mass is 10.4. The van der Waals surface area contributed by atoms with Gasteiger partial charge in [0.1, 0.15) is 0 Å². The van der Waals surface area contributed by atoms with Gasteiger partial charge in [-0.3, -0.25) is 0 Å². The molecule has 0 aromatic carbocycles. The molecule has 0 bridgehead atoms. The topological polar surface area (TPSA) is 21.3 Å². The highest BCUT2D eigenvalue weighted by Gasteiger charge is 1.97. The molecule has 0 aliphatic carbocycles. The van der Waals surface area contributed by atoms with E-state index in [9.17, 15) is 0 Å². The predicted molar refractivity (Wildman–Crippen MR) is 69.7 cm³/mol. The Balaban J connectivity index is 1.93. The molecule has 0 atom stereocenters. The molecule has 0 amide bonds. The molecule has 1 aromatic rings. The average Bonchev–Trinajstić information content (AvgIpc) is 2.63. The monoisotopic (exact) mass is 291 g/mol. The molecule has 86 valence electrons. The van der Waals surface area contributed by atoms with Crippen molar-refractivity contribution in [2.45, 2.75) is 19.8 Å². The van der Waals surface area contributed by atoms with E-state index in [0.717, 1.165) is 32.7 Å². The smallest absolute Gasteiger partial charge is 0.0701 e. The van der Waals surface area contributed by atoms with Crippen LogP contribution >= 0.6 is 27.3 Å². The van der Waals surface area contributed by atoms with Crippen molar-refractivity contribution >= 4 is 27.3 Å². The Kier molecular flexibility index (Phi) is 7.26. The second-order valence-corrected chi connectivity index (χ2v) is 5.87. The zero-order chi connectivity index (χ0) is 10.9. The maximum atomic E-state index is 5.52. The second kappa shape index (κ2) is 8.28. The maximum absolute atomic E-state index is 5.52. The quantitative estimate of drug-likeness (QED) is 0.744. The van der Waals surface area contributed by atoms with Crippen molar-refractivity contribution in [2.24, 2.45) is 0 Å². The molecule has 0 aliphatic rings. The van der Waals surface area contributed by atoms with Crippen molar-refractivity contribution in [1.82, 2.24) is 5.32 Å². The standard InChI is InChI=1S/C11H18BrNOS/c1-2-6-13-7-9-14-8-5-10-3-4-11(12)15-10/h3-4,13H,2,5-9H2,1H3. The van der Waals surface area contributed by atoms with E-state index in [2.05, 4.69) is 40.3 Å². The molecule has 0 unspecified atom stereocenters. The number of hydrogen-bond acceptors (Lipinski definition) is 3. The fourth-order valence-electron chi connectivity index (χ4n) is 1.21. The van der Waals surface area contributed by atoms with Crippen molar-refractivity contribution in [3.05, 3.63) is 20.8 Å². The first-order valence-corrected chi connectivity index (χ1v) is 6.96. The van der Waals surface area contributed by atoms with Gasteiger partial charge in [-0.25, -0.2) is 0 Å². The van der Waals surface area contributed by atoms with Crippen LogP contribution < -0.4 is 5.32 Å². The summed E-state index contributed by atoms with van der Waals surface area (Å²) in [7, 11) is 0. The van der Waals surface area contributed by atoms with Gasteiger partial charge in [0.05, 0.1) is 17.0 Å². The minimum atomic E-state index is 0.812. The largest absolute Gasteiger partial charge is 0.380 e. The summed E-state index contributed by atoms with van der Waals surface area (Å²) < 4.78 is 6.72. The van der Waals surface area contributed by atoms with Gasteiger partial charge in [0, 0.05) is 17.8 Å². The highest BCUT2D eigenvalue weighted by molar-refractivity contribution is 9.11. The zero-order valence-corrected chi connectivity index (χ0v) is 11.5. The lowest BCUT2D eigenvalue weighted by Crippen LogP contribution is -2.20. The lowest BCUT2D eigenvalue weighted by molar-refractivity contribution is 0.139. The van der Waals surface area contributed by atoms with Crippen molar-refractivity contribution < 1.29 is 4.74 Å². The summed E-state index contributed by atoms with van der Waals surface area (Å²) in [5.41, 5.74) is 0. The van der Waals surface area contributed by atoms with E-state index < -0.39 is 0 Å². The molecule has 0 spiro atoms. The van der Waals surface area contributed by atoms with E-state index in [1.54, 1.807) is 11.3 Å². The molecule has 0 saturated carbocycles. The van der Waals surface area contributed by atoms with Crippen molar-refractivity contribution in [3.63, 3.8) is 0 Å².